The molecule has 242 valence electrons. The van der Waals surface area contributed by atoms with Crippen LogP contribution in [0.3, 0.4) is 0 Å². The largest absolute Gasteiger partial charge is 0.494 e. The van der Waals surface area contributed by atoms with Gasteiger partial charge in [0.05, 0.1) is 39.7 Å². The molecule has 1 aromatic heterocycles. The first-order chi connectivity index (χ1) is 22.6. The molecule has 0 unspecified atom stereocenters. The zero-order valence-corrected chi connectivity index (χ0v) is 28.4. The second-order valence-corrected chi connectivity index (χ2v) is 11.9. The highest BCUT2D eigenvalue weighted by Crippen LogP contribution is 2.38. The molecule has 0 atom stereocenters. The molecule has 5 aromatic rings. The number of halogens is 1. The Labute approximate surface area is 280 Å². The number of para-hydroxylation sites is 1. The van der Waals surface area contributed by atoms with E-state index in [2.05, 4.69) is 34.9 Å². The van der Waals surface area contributed by atoms with Crippen molar-refractivity contribution < 1.29 is 19.1 Å². The smallest absolute Gasteiger partial charge is 0.282 e. The third-order valence-corrected chi connectivity index (χ3v) is 8.02. The average Bonchev–Trinajstić information content (AvgIpc) is 3.04. The van der Waals surface area contributed by atoms with Crippen LogP contribution in [0.4, 0.5) is 5.69 Å². The molecule has 10 nitrogen and oxygen atoms in total. The van der Waals surface area contributed by atoms with E-state index in [1.54, 1.807) is 42.6 Å². The Balaban J connectivity index is 1.57. The summed E-state index contributed by atoms with van der Waals surface area (Å²) in [6.45, 7) is 11.0. The van der Waals surface area contributed by atoms with Gasteiger partial charge < -0.3 is 14.2 Å². The van der Waals surface area contributed by atoms with Crippen molar-refractivity contribution in [2.24, 2.45) is 5.10 Å². The fourth-order valence-corrected chi connectivity index (χ4v) is 5.76. The predicted octanol–water partition coefficient (Wildman–Crippen LogP) is 8.42. The maximum atomic E-state index is 13.9. The number of hydrogen-bond acceptors (Lipinski definition) is 8. The molecule has 0 aliphatic heterocycles. The zero-order chi connectivity index (χ0) is 33.7. The number of aryl methyl sites for hydroxylation is 1. The van der Waals surface area contributed by atoms with E-state index in [4.69, 9.17) is 19.2 Å². The lowest BCUT2D eigenvalue weighted by atomic mass is 9.96. The zero-order valence-electron chi connectivity index (χ0n) is 26.8. The lowest BCUT2D eigenvalue weighted by molar-refractivity contribution is -0.384. The van der Waals surface area contributed by atoms with Gasteiger partial charge in [-0.05, 0) is 101 Å². The summed E-state index contributed by atoms with van der Waals surface area (Å²) in [6, 6.07) is 21.1. The van der Waals surface area contributed by atoms with E-state index in [1.165, 1.54) is 16.8 Å². The summed E-state index contributed by atoms with van der Waals surface area (Å²) < 4.78 is 19.8. The average molecular weight is 700 g/mol. The number of benzene rings is 4. The Bertz CT molecular complexity index is 2040. The van der Waals surface area contributed by atoms with Crippen molar-refractivity contribution >= 4 is 38.7 Å². The van der Waals surface area contributed by atoms with Crippen molar-refractivity contribution in [2.75, 3.05) is 13.2 Å². The fraction of sp³-hybridized carbons (Fsp3) is 0.250. The SMILES string of the molecule is CCOc1cc(C)c(-c2nc3ccccc3c(=O)n2N=Cc2cc(Br)c(OCc3cccc([N+](=O)[O-])c3)c(OCC)c2)cc1C(C)C. The second-order valence-electron chi connectivity index (χ2n) is 11.1. The van der Waals surface area contributed by atoms with Crippen molar-refractivity contribution in [3.63, 3.8) is 0 Å². The molecular formula is C36H35BrN4O6. The van der Waals surface area contributed by atoms with Crippen LogP contribution in [-0.4, -0.2) is 34.0 Å². The van der Waals surface area contributed by atoms with Crippen LogP contribution in [0.1, 0.15) is 55.9 Å². The van der Waals surface area contributed by atoms with Crippen LogP contribution < -0.4 is 19.8 Å². The summed E-state index contributed by atoms with van der Waals surface area (Å²) in [5, 5.41) is 16.3. The van der Waals surface area contributed by atoms with Crippen LogP contribution in [0.5, 0.6) is 17.2 Å². The first-order valence-corrected chi connectivity index (χ1v) is 16.1. The van der Waals surface area contributed by atoms with Gasteiger partial charge in [-0.2, -0.15) is 9.78 Å². The van der Waals surface area contributed by atoms with Gasteiger partial charge in [-0.1, -0.05) is 38.1 Å². The lowest BCUT2D eigenvalue weighted by Crippen LogP contribution is -2.21. The number of nitro groups is 1. The van der Waals surface area contributed by atoms with Gasteiger partial charge in [0, 0.05) is 17.7 Å². The maximum absolute atomic E-state index is 13.9. The van der Waals surface area contributed by atoms with Crippen LogP contribution in [0.2, 0.25) is 0 Å². The maximum Gasteiger partial charge on any atom is 0.282 e. The van der Waals surface area contributed by atoms with Gasteiger partial charge in [0.25, 0.3) is 11.2 Å². The molecule has 1 heterocycles. The van der Waals surface area contributed by atoms with Gasteiger partial charge in [-0.25, -0.2) is 4.98 Å². The Kier molecular flexibility index (Phi) is 10.4. The summed E-state index contributed by atoms with van der Waals surface area (Å²) in [6.07, 6.45) is 1.58. The summed E-state index contributed by atoms with van der Waals surface area (Å²) in [7, 11) is 0. The van der Waals surface area contributed by atoms with Gasteiger partial charge in [-0.3, -0.25) is 14.9 Å². The molecule has 0 fully saturated rings. The van der Waals surface area contributed by atoms with E-state index in [1.807, 2.05) is 45.0 Å². The minimum absolute atomic E-state index is 0.0135. The molecule has 0 amide bonds. The molecule has 47 heavy (non-hydrogen) atoms. The van der Waals surface area contributed by atoms with Crippen LogP contribution in [0.15, 0.2) is 87.2 Å². The standard InChI is InChI=1S/C36H35BrN4O6/c1-6-45-32-15-23(5)29(19-28(32)22(3)4)35-39-31-14-9-8-13-27(31)36(42)40(35)38-20-25-17-30(37)34(33(18-25)46-7-2)47-21-24-11-10-12-26(16-24)41(43)44/h8-20,22H,6-7,21H2,1-5H3. The third-order valence-electron chi connectivity index (χ3n) is 7.43. The number of ether oxygens (including phenoxy) is 3. The van der Waals surface area contributed by atoms with Crippen molar-refractivity contribution in [2.45, 2.75) is 47.1 Å². The number of aromatic nitrogens is 2. The van der Waals surface area contributed by atoms with E-state index >= 15 is 0 Å². The highest BCUT2D eigenvalue weighted by Gasteiger charge is 2.19. The summed E-state index contributed by atoms with van der Waals surface area (Å²) >= 11 is 3.59. The minimum Gasteiger partial charge on any atom is -0.494 e. The van der Waals surface area contributed by atoms with Gasteiger partial charge in [-0.15, -0.1) is 0 Å². The number of hydrogen-bond donors (Lipinski definition) is 0. The lowest BCUT2D eigenvalue weighted by Gasteiger charge is -2.18. The quantitative estimate of drug-likeness (QED) is 0.0729. The molecule has 0 radical (unpaired) electrons. The van der Waals surface area contributed by atoms with E-state index in [0.29, 0.717) is 57.0 Å². The summed E-state index contributed by atoms with van der Waals surface area (Å²) in [5.74, 6) is 2.28. The second kappa shape index (κ2) is 14.6. The Morgan fingerprint density at radius 2 is 1.72 bits per heavy atom. The molecule has 0 saturated carbocycles. The van der Waals surface area contributed by atoms with Gasteiger partial charge >= 0.3 is 0 Å². The number of nitro benzene ring substituents is 1. The topological polar surface area (TPSA) is 118 Å². The number of non-ortho nitro benzene ring substituents is 1. The number of rotatable bonds is 12. The van der Waals surface area contributed by atoms with E-state index < -0.39 is 4.92 Å². The molecule has 11 heteroatoms. The summed E-state index contributed by atoms with van der Waals surface area (Å²) in [5.41, 5.74) is 4.22. The molecule has 5 rings (SSSR count). The summed E-state index contributed by atoms with van der Waals surface area (Å²) in [4.78, 5) is 29.6. The molecule has 0 N–H and O–H groups in total. The van der Waals surface area contributed by atoms with Gasteiger partial charge in [0.2, 0.25) is 0 Å². The van der Waals surface area contributed by atoms with Gasteiger partial charge in [0.1, 0.15) is 12.4 Å². The fourth-order valence-electron chi connectivity index (χ4n) is 5.18. The van der Waals surface area contributed by atoms with Crippen LogP contribution in [0, 0.1) is 17.0 Å². The van der Waals surface area contributed by atoms with Crippen molar-refractivity contribution in [3.05, 3.63) is 120 Å². The molecule has 0 aliphatic carbocycles. The van der Waals surface area contributed by atoms with E-state index in [0.717, 1.165) is 22.4 Å². The van der Waals surface area contributed by atoms with E-state index in [-0.39, 0.29) is 23.8 Å². The minimum atomic E-state index is -0.443. The van der Waals surface area contributed by atoms with Crippen LogP contribution in [-0.2, 0) is 6.61 Å². The third kappa shape index (κ3) is 7.36. The van der Waals surface area contributed by atoms with Crippen molar-refractivity contribution in [3.8, 4) is 28.6 Å². The Morgan fingerprint density at radius 3 is 2.45 bits per heavy atom. The van der Waals surface area contributed by atoms with Crippen LogP contribution >= 0.6 is 15.9 Å². The Morgan fingerprint density at radius 1 is 0.979 bits per heavy atom. The monoisotopic (exact) mass is 698 g/mol. The van der Waals surface area contributed by atoms with E-state index in [9.17, 15) is 14.9 Å². The molecular weight excluding hydrogens is 664 g/mol. The molecule has 0 bridgehead atoms. The molecule has 0 spiro atoms. The first kappa shape index (κ1) is 33.3. The molecule has 4 aromatic carbocycles. The first-order valence-electron chi connectivity index (χ1n) is 15.3. The van der Waals surface area contributed by atoms with Gasteiger partial charge in [0.15, 0.2) is 17.3 Å². The highest BCUT2D eigenvalue weighted by atomic mass is 79.9. The molecule has 0 aliphatic rings. The number of fused-ring (bicyclic) bond motifs is 1. The predicted molar refractivity (Wildman–Crippen MR) is 187 cm³/mol. The highest BCUT2D eigenvalue weighted by molar-refractivity contribution is 9.10. The Hall–Kier alpha value is -5.03. The normalized spacial score (nSPS) is 11.4. The van der Waals surface area contributed by atoms with Crippen molar-refractivity contribution in [1.82, 2.24) is 9.66 Å². The molecule has 0 saturated heterocycles. The van der Waals surface area contributed by atoms with Crippen LogP contribution in [0.25, 0.3) is 22.3 Å². The van der Waals surface area contributed by atoms with Crippen molar-refractivity contribution in [1.29, 1.82) is 0 Å². The number of nitrogens with zero attached hydrogens (tertiary/aromatic N) is 4.